The Morgan fingerprint density at radius 2 is 2.05 bits per heavy atom. The molecule has 1 aromatic heterocycles. The molecule has 0 aliphatic rings. The number of rotatable bonds is 5. The fourth-order valence-corrected chi connectivity index (χ4v) is 4.13. The number of sulfonamides is 1. The van der Waals surface area contributed by atoms with E-state index in [1.54, 1.807) is 23.5 Å². The predicted octanol–water partition coefficient (Wildman–Crippen LogP) is 2.61. The van der Waals surface area contributed by atoms with E-state index < -0.39 is 10.0 Å². The van der Waals surface area contributed by atoms with Crippen molar-refractivity contribution in [3.05, 3.63) is 45.1 Å². The van der Waals surface area contributed by atoms with E-state index in [-0.39, 0.29) is 4.90 Å². The maximum atomic E-state index is 12.0. The monoisotopic (exact) mass is 360 g/mol. The van der Waals surface area contributed by atoms with Crippen LogP contribution in [0.2, 0.25) is 0 Å². The molecule has 0 fully saturated rings. The summed E-state index contributed by atoms with van der Waals surface area (Å²) >= 11 is 4.97. The van der Waals surface area contributed by atoms with Crippen molar-refractivity contribution in [3.8, 4) is 0 Å². The van der Waals surface area contributed by atoms with E-state index in [2.05, 4.69) is 20.7 Å². The van der Waals surface area contributed by atoms with Gasteiger partial charge in [-0.15, -0.1) is 11.3 Å². The van der Waals surface area contributed by atoms with Crippen LogP contribution in [0.3, 0.4) is 0 Å². The van der Waals surface area contributed by atoms with Crippen molar-refractivity contribution in [2.24, 2.45) is 0 Å². The minimum Gasteiger partial charge on any atom is -0.399 e. The van der Waals surface area contributed by atoms with Crippen LogP contribution in [-0.4, -0.2) is 15.0 Å². The lowest BCUT2D eigenvalue weighted by Crippen LogP contribution is -2.25. The van der Waals surface area contributed by atoms with E-state index >= 15 is 0 Å². The van der Waals surface area contributed by atoms with Gasteiger partial charge in [-0.25, -0.2) is 13.1 Å². The van der Waals surface area contributed by atoms with E-state index in [9.17, 15) is 8.42 Å². The summed E-state index contributed by atoms with van der Waals surface area (Å²) in [6.07, 6.45) is 0.664. The number of benzene rings is 1. The van der Waals surface area contributed by atoms with Gasteiger partial charge in [0, 0.05) is 17.1 Å². The fraction of sp³-hybridized carbons (Fsp3) is 0.167. The maximum absolute atomic E-state index is 12.0. The third kappa shape index (κ3) is 4.04. The van der Waals surface area contributed by atoms with Gasteiger partial charge in [-0.2, -0.15) is 0 Å². The average Bonchev–Trinajstić information content (AvgIpc) is 2.75. The molecular formula is C12H13BrN2O2S2. The standard InChI is InChI=1S/C12H13BrN2O2S2/c13-12-5-4-10(18-12)6-7-15-19(16,17)11-3-1-2-9(14)8-11/h1-5,8,15H,6-7,14H2. The first-order chi connectivity index (χ1) is 8.97. The second-order valence-corrected chi connectivity index (χ2v) is 8.24. The summed E-state index contributed by atoms with van der Waals surface area (Å²) in [5, 5.41) is 0. The molecule has 0 atom stereocenters. The Balaban J connectivity index is 1.98. The van der Waals surface area contributed by atoms with Gasteiger partial charge in [0.05, 0.1) is 8.68 Å². The topological polar surface area (TPSA) is 72.2 Å². The first-order valence-electron chi connectivity index (χ1n) is 5.57. The summed E-state index contributed by atoms with van der Waals surface area (Å²) in [7, 11) is -3.48. The zero-order valence-corrected chi connectivity index (χ0v) is 13.2. The van der Waals surface area contributed by atoms with E-state index in [1.165, 1.54) is 12.1 Å². The second-order valence-electron chi connectivity index (χ2n) is 3.93. The Morgan fingerprint density at radius 1 is 1.26 bits per heavy atom. The molecule has 3 N–H and O–H groups in total. The Morgan fingerprint density at radius 3 is 2.68 bits per heavy atom. The Bertz CT molecular complexity index is 668. The molecule has 0 spiro atoms. The van der Waals surface area contributed by atoms with Crippen LogP contribution in [0.4, 0.5) is 5.69 Å². The number of hydrogen-bond donors (Lipinski definition) is 2. The number of nitrogens with one attached hydrogen (secondary N) is 1. The van der Waals surface area contributed by atoms with Crippen molar-refractivity contribution in [2.75, 3.05) is 12.3 Å². The number of hydrogen-bond acceptors (Lipinski definition) is 4. The number of halogens is 1. The van der Waals surface area contributed by atoms with Crippen LogP contribution >= 0.6 is 27.3 Å². The van der Waals surface area contributed by atoms with Crippen LogP contribution in [0.15, 0.2) is 45.1 Å². The van der Waals surface area contributed by atoms with Gasteiger partial charge >= 0.3 is 0 Å². The molecule has 2 rings (SSSR count). The van der Waals surface area contributed by atoms with Gasteiger partial charge in [-0.05, 0) is 52.7 Å². The minimum absolute atomic E-state index is 0.194. The van der Waals surface area contributed by atoms with Crippen molar-refractivity contribution in [1.29, 1.82) is 0 Å². The zero-order chi connectivity index (χ0) is 13.9. The van der Waals surface area contributed by atoms with Crippen LogP contribution < -0.4 is 10.5 Å². The van der Waals surface area contributed by atoms with Gasteiger partial charge in [0.15, 0.2) is 0 Å². The summed E-state index contributed by atoms with van der Waals surface area (Å²) in [5.41, 5.74) is 6.02. The smallest absolute Gasteiger partial charge is 0.240 e. The maximum Gasteiger partial charge on any atom is 0.240 e. The molecule has 2 aromatic rings. The number of nitrogen functional groups attached to an aromatic ring is 1. The molecule has 102 valence electrons. The molecule has 0 amide bonds. The van der Waals surface area contributed by atoms with Gasteiger partial charge in [-0.1, -0.05) is 6.07 Å². The van der Waals surface area contributed by atoms with Crippen molar-refractivity contribution < 1.29 is 8.42 Å². The highest BCUT2D eigenvalue weighted by Crippen LogP contribution is 2.22. The molecule has 0 saturated heterocycles. The molecule has 0 aliphatic heterocycles. The largest absolute Gasteiger partial charge is 0.399 e. The Labute approximate surface area is 124 Å². The van der Waals surface area contributed by atoms with Gasteiger partial charge in [-0.3, -0.25) is 0 Å². The zero-order valence-electron chi connectivity index (χ0n) is 9.97. The van der Waals surface area contributed by atoms with E-state index in [1.807, 2.05) is 12.1 Å². The number of anilines is 1. The van der Waals surface area contributed by atoms with Gasteiger partial charge in [0.1, 0.15) is 0 Å². The summed E-state index contributed by atoms with van der Waals surface area (Å²) in [6, 6.07) is 10.2. The molecule has 0 saturated carbocycles. The molecule has 0 aliphatic carbocycles. The van der Waals surface area contributed by atoms with Crippen molar-refractivity contribution in [2.45, 2.75) is 11.3 Å². The fourth-order valence-electron chi connectivity index (χ4n) is 1.56. The van der Waals surface area contributed by atoms with E-state index in [0.29, 0.717) is 18.7 Å². The molecule has 0 radical (unpaired) electrons. The normalized spacial score (nSPS) is 11.6. The predicted molar refractivity (Wildman–Crippen MR) is 81.8 cm³/mol. The quantitative estimate of drug-likeness (QED) is 0.805. The van der Waals surface area contributed by atoms with Crippen molar-refractivity contribution in [1.82, 2.24) is 4.72 Å². The van der Waals surface area contributed by atoms with Crippen LogP contribution in [0.1, 0.15) is 4.88 Å². The molecule has 7 heteroatoms. The lowest BCUT2D eigenvalue weighted by atomic mass is 10.3. The SMILES string of the molecule is Nc1cccc(S(=O)(=O)NCCc2ccc(Br)s2)c1. The van der Waals surface area contributed by atoms with Gasteiger partial charge in [0.2, 0.25) is 10.0 Å². The van der Waals surface area contributed by atoms with Crippen molar-refractivity contribution in [3.63, 3.8) is 0 Å². The number of thiophene rings is 1. The number of nitrogens with two attached hydrogens (primary N) is 1. The third-order valence-electron chi connectivity index (χ3n) is 2.46. The average molecular weight is 361 g/mol. The Kier molecular flexibility index (Phi) is 4.62. The summed E-state index contributed by atoms with van der Waals surface area (Å²) in [4.78, 5) is 1.32. The van der Waals surface area contributed by atoms with E-state index in [0.717, 1.165) is 8.66 Å². The van der Waals surface area contributed by atoms with Crippen LogP contribution in [0, 0.1) is 0 Å². The molecule has 0 unspecified atom stereocenters. The molecule has 4 nitrogen and oxygen atoms in total. The third-order valence-corrected chi connectivity index (χ3v) is 5.60. The minimum atomic E-state index is -3.48. The molecule has 1 aromatic carbocycles. The van der Waals surface area contributed by atoms with Crippen LogP contribution in [-0.2, 0) is 16.4 Å². The Hall–Kier alpha value is -0.890. The molecular weight excluding hydrogens is 348 g/mol. The molecule has 0 bridgehead atoms. The van der Waals surface area contributed by atoms with E-state index in [4.69, 9.17) is 5.73 Å². The lowest BCUT2D eigenvalue weighted by molar-refractivity contribution is 0.582. The summed E-state index contributed by atoms with van der Waals surface area (Å²) in [5.74, 6) is 0. The van der Waals surface area contributed by atoms with Crippen molar-refractivity contribution >= 4 is 43.0 Å². The first-order valence-corrected chi connectivity index (χ1v) is 8.66. The lowest BCUT2D eigenvalue weighted by Gasteiger charge is -2.06. The summed E-state index contributed by atoms with van der Waals surface area (Å²) in [6.45, 7) is 0.365. The van der Waals surface area contributed by atoms with Crippen LogP contribution in [0.5, 0.6) is 0 Å². The highest BCUT2D eigenvalue weighted by atomic mass is 79.9. The molecule has 19 heavy (non-hydrogen) atoms. The van der Waals surface area contributed by atoms with Crippen LogP contribution in [0.25, 0.3) is 0 Å². The highest BCUT2D eigenvalue weighted by molar-refractivity contribution is 9.11. The first kappa shape index (κ1) is 14.5. The highest BCUT2D eigenvalue weighted by Gasteiger charge is 2.13. The molecule has 1 heterocycles. The summed E-state index contributed by atoms with van der Waals surface area (Å²) < 4.78 is 27.6. The second kappa shape index (κ2) is 6.04. The van der Waals surface area contributed by atoms with Gasteiger partial charge in [0.25, 0.3) is 0 Å². The van der Waals surface area contributed by atoms with Gasteiger partial charge < -0.3 is 5.73 Å².